The molecule has 0 saturated heterocycles. The molecule has 7 heteroatoms. The third kappa shape index (κ3) is 3.30. The molecule has 6 nitrogen and oxygen atoms in total. The van der Waals surface area contributed by atoms with E-state index >= 15 is 0 Å². The molecule has 15 heavy (non-hydrogen) atoms. The Morgan fingerprint density at radius 1 is 1.47 bits per heavy atom. The van der Waals surface area contributed by atoms with Gasteiger partial charge in [0.05, 0.1) is 10.7 Å². The summed E-state index contributed by atoms with van der Waals surface area (Å²) >= 11 is 0. The highest BCUT2D eigenvalue weighted by Crippen LogP contribution is 2.14. The quantitative estimate of drug-likeness (QED) is 0.607. The first-order chi connectivity index (χ1) is 6.94. The predicted molar refractivity (Wildman–Crippen MR) is 54.8 cm³/mol. The van der Waals surface area contributed by atoms with Crippen LogP contribution in [-0.2, 0) is 15.8 Å². The molecule has 0 radical (unpaired) electrons. The Morgan fingerprint density at radius 3 is 2.67 bits per heavy atom. The van der Waals surface area contributed by atoms with E-state index in [1.165, 1.54) is 31.3 Å². The van der Waals surface area contributed by atoms with E-state index in [2.05, 4.69) is 4.72 Å². The fourth-order valence-electron chi connectivity index (χ4n) is 1.05. The molecule has 1 aromatic rings. The Hall–Kier alpha value is -1.47. The lowest BCUT2D eigenvalue weighted by atomic mass is 10.2. The van der Waals surface area contributed by atoms with Crippen molar-refractivity contribution in [1.29, 1.82) is 0 Å². The average molecular weight is 230 g/mol. The van der Waals surface area contributed by atoms with E-state index in [1.54, 1.807) is 0 Å². The fraction of sp³-hybridized carbons (Fsp3) is 0.250. The van der Waals surface area contributed by atoms with Gasteiger partial charge in [0.2, 0.25) is 10.0 Å². The number of rotatable bonds is 4. The highest BCUT2D eigenvalue weighted by Gasteiger charge is 2.11. The van der Waals surface area contributed by atoms with E-state index in [-0.39, 0.29) is 11.4 Å². The summed E-state index contributed by atoms with van der Waals surface area (Å²) in [4.78, 5) is 9.87. The smallest absolute Gasteiger partial charge is 0.258 e. The van der Waals surface area contributed by atoms with Gasteiger partial charge < -0.3 is 0 Å². The van der Waals surface area contributed by atoms with Crippen LogP contribution in [0.4, 0.5) is 5.69 Å². The minimum atomic E-state index is -3.39. The van der Waals surface area contributed by atoms with Gasteiger partial charge in [-0.1, -0.05) is 12.1 Å². The van der Waals surface area contributed by atoms with Crippen molar-refractivity contribution in [3.63, 3.8) is 0 Å². The summed E-state index contributed by atoms with van der Waals surface area (Å²) < 4.78 is 24.5. The Balaban J connectivity index is 2.97. The Morgan fingerprint density at radius 2 is 2.13 bits per heavy atom. The highest BCUT2D eigenvalue weighted by molar-refractivity contribution is 7.88. The number of non-ortho nitro benzene ring substituents is 1. The zero-order valence-electron chi connectivity index (χ0n) is 8.00. The second-order valence-corrected chi connectivity index (χ2v) is 4.82. The first-order valence-electron chi connectivity index (χ1n) is 4.09. The van der Waals surface area contributed by atoms with Crippen LogP contribution in [0.2, 0.25) is 0 Å². The summed E-state index contributed by atoms with van der Waals surface area (Å²) in [6.07, 6.45) is 0. The van der Waals surface area contributed by atoms with Crippen LogP contribution in [0.15, 0.2) is 24.3 Å². The number of hydrogen-bond acceptors (Lipinski definition) is 4. The molecule has 1 N–H and O–H groups in total. The van der Waals surface area contributed by atoms with E-state index in [0.29, 0.717) is 5.56 Å². The standard InChI is InChI=1S/C8H10N2O4S/c1-9-15(13,14)6-7-3-2-4-8(5-7)10(11)12/h2-5,9H,6H2,1H3. The van der Waals surface area contributed by atoms with Gasteiger partial charge in [-0.2, -0.15) is 0 Å². The van der Waals surface area contributed by atoms with Crippen molar-refractivity contribution in [1.82, 2.24) is 4.72 Å². The van der Waals surface area contributed by atoms with Crippen LogP contribution in [0.1, 0.15) is 5.56 Å². The lowest BCUT2D eigenvalue weighted by molar-refractivity contribution is -0.384. The van der Waals surface area contributed by atoms with E-state index in [4.69, 9.17) is 0 Å². The molecular weight excluding hydrogens is 220 g/mol. The monoisotopic (exact) mass is 230 g/mol. The number of hydrogen-bond donors (Lipinski definition) is 1. The first kappa shape index (κ1) is 11.6. The van der Waals surface area contributed by atoms with Crippen molar-refractivity contribution in [2.75, 3.05) is 7.05 Å². The molecule has 0 atom stereocenters. The van der Waals surface area contributed by atoms with Gasteiger partial charge in [0.1, 0.15) is 0 Å². The van der Waals surface area contributed by atoms with Crippen LogP contribution in [-0.4, -0.2) is 20.4 Å². The molecule has 0 aromatic heterocycles. The third-order valence-corrected chi connectivity index (χ3v) is 3.12. The van der Waals surface area contributed by atoms with Crippen molar-refractivity contribution < 1.29 is 13.3 Å². The average Bonchev–Trinajstić information content (AvgIpc) is 2.17. The first-order valence-corrected chi connectivity index (χ1v) is 5.74. The fourth-order valence-corrected chi connectivity index (χ4v) is 1.81. The maximum absolute atomic E-state index is 11.2. The molecule has 0 aliphatic heterocycles. The molecule has 0 heterocycles. The summed E-state index contributed by atoms with van der Waals surface area (Å²) in [5.41, 5.74) is 0.275. The molecule has 0 amide bonds. The lowest BCUT2D eigenvalue weighted by Crippen LogP contribution is -2.20. The number of nitrogens with zero attached hydrogens (tertiary/aromatic N) is 1. The lowest BCUT2D eigenvalue weighted by Gasteiger charge is -2.01. The van der Waals surface area contributed by atoms with Crippen molar-refractivity contribution >= 4 is 15.7 Å². The van der Waals surface area contributed by atoms with E-state index in [9.17, 15) is 18.5 Å². The van der Waals surface area contributed by atoms with Crippen LogP contribution < -0.4 is 4.72 Å². The molecular formula is C8H10N2O4S. The largest absolute Gasteiger partial charge is 0.269 e. The summed E-state index contributed by atoms with van der Waals surface area (Å²) in [6, 6.07) is 5.55. The van der Waals surface area contributed by atoms with Crippen LogP contribution in [0.3, 0.4) is 0 Å². The third-order valence-electron chi connectivity index (χ3n) is 1.79. The summed E-state index contributed by atoms with van der Waals surface area (Å²) in [7, 11) is -2.09. The zero-order valence-corrected chi connectivity index (χ0v) is 8.82. The molecule has 0 aliphatic carbocycles. The normalized spacial score (nSPS) is 11.3. The summed E-state index contributed by atoms with van der Waals surface area (Å²) in [5, 5.41) is 10.4. The van der Waals surface area contributed by atoms with Crippen molar-refractivity contribution in [2.24, 2.45) is 0 Å². The molecule has 1 aromatic carbocycles. The minimum Gasteiger partial charge on any atom is -0.258 e. The van der Waals surface area contributed by atoms with Crippen molar-refractivity contribution in [2.45, 2.75) is 5.75 Å². The molecule has 0 aliphatic rings. The van der Waals surface area contributed by atoms with E-state index in [0.717, 1.165) is 0 Å². The maximum Gasteiger partial charge on any atom is 0.269 e. The molecule has 0 unspecified atom stereocenters. The van der Waals surface area contributed by atoms with Crippen molar-refractivity contribution in [3.8, 4) is 0 Å². The molecule has 82 valence electrons. The van der Waals surface area contributed by atoms with Gasteiger partial charge in [-0.3, -0.25) is 10.1 Å². The maximum atomic E-state index is 11.2. The molecule has 0 saturated carbocycles. The topological polar surface area (TPSA) is 89.3 Å². The number of sulfonamides is 1. The minimum absolute atomic E-state index is 0.112. The van der Waals surface area contributed by atoms with Crippen LogP contribution in [0.25, 0.3) is 0 Å². The van der Waals surface area contributed by atoms with Gasteiger partial charge in [-0.25, -0.2) is 13.1 Å². The Kier molecular flexibility index (Phi) is 3.38. The number of nitrogens with one attached hydrogen (secondary N) is 1. The number of nitro benzene ring substituents is 1. The van der Waals surface area contributed by atoms with E-state index < -0.39 is 14.9 Å². The summed E-state index contributed by atoms with van der Waals surface area (Å²) in [6.45, 7) is 0. The van der Waals surface area contributed by atoms with Gasteiger partial charge in [-0.05, 0) is 12.6 Å². The summed E-state index contributed by atoms with van der Waals surface area (Å²) in [5.74, 6) is -0.259. The zero-order chi connectivity index (χ0) is 11.5. The SMILES string of the molecule is CNS(=O)(=O)Cc1cccc([N+](=O)[O-])c1. The second-order valence-electron chi connectivity index (χ2n) is 2.89. The van der Waals surface area contributed by atoms with Crippen LogP contribution in [0.5, 0.6) is 0 Å². The van der Waals surface area contributed by atoms with E-state index in [1.807, 2.05) is 0 Å². The second kappa shape index (κ2) is 4.37. The number of benzene rings is 1. The number of nitro groups is 1. The Labute approximate surface area is 87.1 Å². The van der Waals surface area contributed by atoms with Gasteiger partial charge in [0, 0.05) is 12.1 Å². The predicted octanol–water partition coefficient (Wildman–Crippen LogP) is 0.644. The van der Waals surface area contributed by atoms with Gasteiger partial charge in [0.25, 0.3) is 5.69 Å². The van der Waals surface area contributed by atoms with Crippen LogP contribution >= 0.6 is 0 Å². The van der Waals surface area contributed by atoms with Crippen LogP contribution in [0, 0.1) is 10.1 Å². The molecule has 0 bridgehead atoms. The molecule has 0 fully saturated rings. The van der Waals surface area contributed by atoms with Gasteiger partial charge >= 0.3 is 0 Å². The molecule has 1 rings (SSSR count). The Bertz CT molecular complexity index is 469. The van der Waals surface area contributed by atoms with Gasteiger partial charge in [0.15, 0.2) is 0 Å². The van der Waals surface area contributed by atoms with Crippen molar-refractivity contribution in [3.05, 3.63) is 39.9 Å². The molecule has 0 spiro atoms. The highest BCUT2D eigenvalue weighted by atomic mass is 32.2. The van der Waals surface area contributed by atoms with Gasteiger partial charge in [-0.15, -0.1) is 0 Å².